The number of aromatic carboxylic acids is 1. The van der Waals surface area contributed by atoms with Crippen LogP contribution in [0.5, 0.6) is 0 Å². The van der Waals surface area contributed by atoms with Gasteiger partial charge in [-0.2, -0.15) is 0 Å². The number of pyridine rings is 2. The Morgan fingerprint density at radius 2 is 2.26 bits per heavy atom. The van der Waals surface area contributed by atoms with Crippen LogP contribution in [0.4, 0.5) is 4.39 Å². The van der Waals surface area contributed by atoms with E-state index in [9.17, 15) is 14.0 Å². The van der Waals surface area contributed by atoms with Gasteiger partial charge in [-0.25, -0.2) is 14.2 Å². The molecule has 0 amide bonds. The van der Waals surface area contributed by atoms with Gasteiger partial charge in [0, 0.05) is 12.2 Å². The summed E-state index contributed by atoms with van der Waals surface area (Å²) in [5.74, 6) is -2.17. The Kier molecular flexibility index (Phi) is 2.56. The minimum Gasteiger partial charge on any atom is -0.477 e. The van der Waals surface area contributed by atoms with E-state index in [1.807, 2.05) is 0 Å². The van der Waals surface area contributed by atoms with Crippen molar-refractivity contribution in [3.8, 4) is 0 Å². The van der Waals surface area contributed by atoms with E-state index >= 15 is 0 Å². The summed E-state index contributed by atoms with van der Waals surface area (Å²) in [5.41, 5.74) is -0.908. The quantitative estimate of drug-likeness (QED) is 0.858. The smallest absolute Gasteiger partial charge is 0.341 e. The topological polar surface area (TPSA) is 72.2 Å². The minimum atomic E-state index is -1.34. The maximum absolute atomic E-state index is 13.4. The predicted octanol–water partition coefficient (Wildman–Crippen LogP) is 2.22. The largest absolute Gasteiger partial charge is 0.477 e. The number of carbonyl (C=O) groups is 1. The Bertz CT molecular complexity index is 768. The number of rotatable bonds is 2. The molecule has 3 rings (SSSR count). The number of carboxylic acids is 1. The molecule has 19 heavy (non-hydrogen) atoms. The van der Waals surface area contributed by atoms with Crippen LogP contribution in [0.1, 0.15) is 29.2 Å². The van der Waals surface area contributed by atoms with E-state index < -0.39 is 17.2 Å². The molecule has 0 bridgehead atoms. The average Bonchev–Trinajstić information content (AvgIpc) is 3.16. The van der Waals surface area contributed by atoms with Crippen molar-refractivity contribution in [1.29, 1.82) is 0 Å². The molecular formula is C12H8ClFN2O3. The average molecular weight is 285 g/mol. The van der Waals surface area contributed by atoms with Gasteiger partial charge in [0.2, 0.25) is 5.43 Å². The monoisotopic (exact) mass is 284 g/mol. The van der Waals surface area contributed by atoms with Crippen LogP contribution in [0.3, 0.4) is 0 Å². The normalized spacial score (nSPS) is 14.8. The fourth-order valence-corrected chi connectivity index (χ4v) is 2.14. The summed E-state index contributed by atoms with van der Waals surface area (Å²) in [5, 5.41) is 8.63. The summed E-state index contributed by atoms with van der Waals surface area (Å²) in [6.45, 7) is 0. The van der Waals surface area contributed by atoms with Gasteiger partial charge in [-0.3, -0.25) is 4.79 Å². The SMILES string of the molecule is O=C(O)[14c]1cn(C2CC2)c2nc(Cl)c(F)cc2c1=O. The van der Waals surface area contributed by atoms with Crippen LogP contribution in [0.2, 0.25) is 5.15 Å². The van der Waals surface area contributed by atoms with Crippen molar-refractivity contribution < 1.29 is 14.3 Å². The van der Waals surface area contributed by atoms with E-state index in [4.69, 9.17) is 16.7 Å². The van der Waals surface area contributed by atoms with Crippen LogP contribution in [-0.4, -0.2) is 20.6 Å². The third-order valence-electron chi connectivity index (χ3n) is 3.09. The van der Waals surface area contributed by atoms with Gasteiger partial charge in [-0.15, -0.1) is 0 Å². The summed E-state index contributed by atoms with van der Waals surface area (Å²) >= 11 is 5.62. The lowest BCUT2D eigenvalue weighted by molar-refractivity contribution is 0.0695. The summed E-state index contributed by atoms with van der Waals surface area (Å²) in [4.78, 5) is 26.9. The number of hydrogen-bond acceptors (Lipinski definition) is 3. The molecule has 7 heteroatoms. The molecule has 0 atom stereocenters. The predicted molar refractivity (Wildman–Crippen MR) is 66.2 cm³/mol. The second kappa shape index (κ2) is 4.03. The van der Waals surface area contributed by atoms with Gasteiger partial charge in [0.05, 0.1) is 5.39 Å². The molecule has 2 aromatic heterocycles. The van der Waals surface area contributed by atoms with Crippen molar-refractivity contribution in [3.05, 3.63) is 39.0 Å². The standard InChI is InChI=1S/C12H8ClFN2O3/c13-10-8(14)3-6-9(17)7(12(18)19)4-16(5-1-2-5)11(6)15-10/h3-5H,1-2H2,(H,18,19)/i7+2. The number of halogens is 2. The van der Waals surface area contributed by atoms with Crippen LogP contribution in [0.25, 0.3) is 11.0 Å². The van der Waals surface area contributed by atoms with Gasteiger partial charge in [-0.05, 0) is 18.9 Å². The molecule has 2 heterocycles. The molecule has 2 aromatic rings. The highest BCUT2D eigenvalue weighted by Gasteiger charge is 2.27. The molecule has 0 aliphatic heterocycles. The highest BCUT2D eigenvalue weighted by Crippen LogP contribution is 2.36. The molecule has 1 aliphatic rings. The number of nitrogens with zero attached hydrogens (tertiary/aromatic N) is 2. The zero-order chi connectivity index (χ0) is 13.7. The van der Waals surface area contributed by atoms with Crippen molar-refractivity contribution >= 4 is 28.6 Å². The fraction of sp³-hybridized carbons (Fsp3) is 0.250. The van der Waals surface area contributed by atoms with Crippen molar-refractivity contribution in [1.82, 2.24) is 9.55 Å². The van der Waals surface area contributed by atoms with E-state index in [-0.39, 0.29) is 27.8 Å². The third kappa shape index (κ3) is 1.88. The van der Waals surface area contributed by atoms with Crippen molar-refractivity contribution in [2.24, 2.45) is 0 Å². The first-order valence-electron chi connectivity index (χ1n) is 5.63. The highest BCUT2D eigenvalue weighted by atomic mass is 35.5. The molecular weight excluding hydrogens is 277 g/mol. The van der Waals surface area contributed by atoms with Gasteiger partial charge >= 0.3 is 5.97 Å². The molecule has 1 aliphatic carbocycles. The van der Waals surface area contributed by atoms with E-state index in [2.05, 4.69) is 4.98 Å². The summed E-state index contributed by atoms with van der Waals surface area (Å²) in [6, 6.07) is 1.04. The van der Waals surface area contributed by atoms with E-state index in [0.717, 1.165) is 18.9 Å². The molecule has 1 N–H and O–H groups in total. The first-order chi connectivity index (χ1) is 8.99. The Labute approximate surface area is 111 Å². The van der Waals surface area contributed by atoms with Crippen molar-refractivity contribution in [3.63, 3.8) is 0 Å². The Balaban J connectivity index is 2.45. The first-order valence-corrected chi connectivity index (χ1v) is 6.01. The van der Waals surface area contributed by atoms with Gasteiger partial charge < -0.3 is 9.67 Å². The lowest BCUT2D eigenvalue weighted by atomic mass is 10.3. The van der Waals surface area contributed by atoms with Gasteiger partial charge in [0.1, 0.15) is 11.2 Å². The van der Waals surface area contributed by atoms with Gasteiger partial charge in [0.25, 0.3) is 0 Å². The van der Waals surface area contributed by atoms with E-state index in [0.29, 0.717) is 0 Å². The number of carboxylic acid groups (broad SMARTS) is 1. The Hall–Kier alpha value is -1.95. The second-order valence-corrected chi connectivity index (χ2v) is 4.81. The van der Waals surface area contributed by atoms with Gasteiger partial charge in [0.15, 0.2) is 11.0 Å². The maximum atomic E-state index is 13.4. The Morgan fingerprint density at radius 3 is 2.84 bits per heavy atom. The molecule has 0 spiro atoms. The lowest BCUT2D eigenvalue weighted by Gasteiger charge is -2.10. The minimum absolute atomic E-state index is 0.0614. The first kappa shape index (κ1) is 12.1. The van der Waals surface area contributed by atoms with Crippen LogP contribution >= 0.6 is 11.6 Å². The van der Waals surface area contributed by atoms with Gasteiger partial charge in [-0.1, -0.05) is 11.6 Å². The Morgan fingerprint density at radius 1 is 1.58 bits per heavy atom. The molecule has 0 aromatic carbocycles. The maximum Gasteiger partial charge on any atom is 0.341 e. The third-order valence-corrected chi connectivity index (χ3v) is 3.35. The molecule has 0 saturated heterocycles. The zero-order valence-electron chi connectivity index (χ0n) is 9.56. The van der Waals surface area contributed by atoms with Crippen LogP contribution in [-0.2, 0) is 0 Å². The molecule has 5 nitrogen and oxygen atoms in total. The molecule has 0 unspecified atom stereocenters. The molecule has 0 radical (unpaired) electrons. The summed E-state index contributed by atoms with van der Waals surface area (Å²) in [6.07, 6.45) is 2.99. The van der Waals surface area contributed by atoms with E-state index in [1.165, 1.54) is 6.20 Å². The highest BCUT2D eigenvalue weighted by molar-refractivity contribution is 6.29. The van der Waals surface area contributed by atoms with Crippen LogP contribution in [0, 0.1) is 5.82 Å². The van der Waals surface area contributed by atoms with E-state index in [1.54, 1.807) is 4.57 Å². The fourth-order valence-electron chi connectivity index (χ4n) is 2.01. The van der Waals surface area contributed by atoms with Crippen molar-refractivity contribution in [2.75, 3.05) is 0 Å². The van der Waals surface area contributed by atoms with Crippen LogP contribution in [0.15, 0.2) is 17.1 Å². The number of fused-ring (bicyclic) bond motifs is 1. The molecule has 1 saturated carbocycles. The zero-order valence-corrected chi connectivity index (χ0v) is 10.3. The summed E-state index contributed by atoms with van der Waals surface area (Å²) < 4.78 is 15.0. The number of aromatic nitrogens is 2. The molecule has 98 valence electrons. The van der Waals surface area contributed by atoms with Crippen molar-refractivity contribution in [2.45, 2.75) is 18.9 Å². The lowest BCUT2D eigenvalue weighted by Crippen LogP contribution is -2.19. The molecule has 1 fully saturated rings. The number of hydrogen-bond donors (Lipinski definition) is 1. The summed E-state index contributed by atoms with van der Waals surface area (Å²) in [7, 11) is 0. The van der Waals surface area contributed by atoms with Crippen LogP contribution < -0.4 is 5.43 Å². The second-order valence-electron chi connectivity index (χ2n) is 4.45.